The van der Waals surface area contributed by atoms with Gasteiger partial charge in [-0.15, -0.1) is 0 Å². The molecule has 0 bridgehead atoms. The molecular weight excluding hydrogens is 410 g/mol. The Morgan fingerprint density at radius 2 is 1.69 bits per heavy atom. The Morgan fingerprint density at radius 3 is 2.23 bits per heavy atom. The van der Waals surface area contributed by atoms with Gasteiger partial charge in [0.15, 0.2) is 3.79 Å². The summed E-state index contributed by atoms with van der Waals surface area (Å²) in [7, 11) is 0. The second-order valence-electron chi connectivity index (χ2n) is 7.64. The molecule has 0 aliphatic carbocycles. The van der Waals surface area contributed by atoms with Crippen LogP contribution in [0.3, 0.4) is 0 Å². The van der Waals surface area contributed by atoms with Crippen molar-refractivity contribution < 1.29 is 4.74 Å². The molecular formula is C21H28Cl4O. The zero-order valence-electron chi connectivity index (χ0n) is 16.1. The van der Waals surface area contributed by atoms with Crippen LogP contribution in [0.15, 0.2) is 41.5 Å². The molecule has 0 saturated heterocycles. The summed E-state index contributed by atoms with van der Waals surface area (Å²) in [6, 6.07) is 5.98. The summed E-state index contributed by atoms with van der Waals surface area (Å²) in [6.07, 6.45) is 6.49. The lowest BCUT2D eigenvalue weighted by Gasteiger charge is -2.20. The number of benzene rings is 1. The molecule has 0 fully saturated rings. The van der Waals surface area contributed by atoms with Crippen LogP contribution in [0.5, 0.6) is 5.75 Å². The highest BCUT2D eigenvalue weighted by atomic mass is 35.6. The van der Waals surface area contributed by atoms with Crippen LogP contribution >= 0.6 is 46.4 Å². The number of halogens is 4. The predicted molar refractivity (Wildman–Crippen MR) is 117 cm³/mol. The van der Waals surface area contributed by atoms with E-state index in [4.69, 9.17) is 51.1 Å². The minimum Gasteiger partial charge on any atom is -0.488 e. The molecule has 5 heteroatoms. The SMILES string of the molecule is C/C(=C\COc1ccc(C(C)(C)C)cc1Cl)CC/C=C(\C)CC(Cl)(Cl)Cl. The first-order valence-corrected chi connectivity index (χ1v) is 10.2. The van der Waals surface area contributed by atoms with Crippen LogP contribution in [0.2, 0.25) is 5.02 Å². The van der Waals surface area contributed by atoms with Crippen LogP contribution in [-0.4, -0.2) is 10.4 Å². The fraction of sp³-hybridized carbons (Fsp3) is 0.524. The van der Waals surface area contributed by atoms with Gasteiger partial charge in [0, 0.05) is 6.42 Å². The van der Waals surface area contributed by atoms with E-state index in [2.05, 4.69) is 45.9 Å². The van der Waals surface area contributed by atoms with Crippen molar-refractivity contribution >= 4 is 46.4 Å². The fourth-order valence-corrected chi connectivity index (χ4v) is 3.26. The van der Waals surface area contributed by atoms with E-state index in [0.717, 1.165) is 18.4 Å². The molecule has 0 saturated carbocycles. The van der Waals surface area contributed by atoms with Gasteiger partial charge < -0.3 is 4.74 Å². The maximum Gasteiger partial charge on any atom is 0.194 e. The molecule has 0 unspecified atom stereocenters. The van der Waals surface area contributed by atoms with Gasteiger partial charge in [-0.1, -0.05) is 90.5 Å². The number of hydrogen-bond donors (Lipinski definition) is 0. The van der Waals surface area contributed by atoms with Crippen molar-refractivity contribution in [2.45, 2.75) is 63.1 Å². The van der Waals surface area contributed by atoms with Crippen molar-refractivity contribution in [3.8, 4) is 5.75 Å². The van der Waals surface area contributed by atoms with Crippen LogP contribution in [-0.2, 0) is 5.41 Å². The smallest absolute Gasteiger partial charge is 0.194 e. The van der Waals surface area contributed by atoms with E-state index < -0.39 is 3.79 Å². The Labute approximate surface area is 178 Å². The topological polar surface area (TPSA) is 9.23 Å². The quantitative estimate of drug-likeness (QED) is 0.307. The van der Waals surface area contributed by atoms with Gasteiger partial charge in [-0.25, -0.2) is 0 Å². The number of hydrogen-bond acceptors (Lipinski definition) is 1. The molecule has 1 aromatic rings. The monoisotopic (exact) mass is 436 g/mol. The minimum absolute atomic E-state index is 0.0698. The molecule has 1 aromatic carbocycles. The highest BCUT2D eigenvalue weighted by molar-refractivity contribution is 6.67. The van der Waals surface area contributed by atoms with Crippen LogP contribution in [0.1, 0.15) is 59.4 Å². The van der Waals surface area contributed by atoms with Crippen molar-refractivity contribution in [2.75, 3.05) is 6.61 Å². The first-order valence-electron chi connectivity index (χ1n) is 8.69. The molecule has 0 heterocycles. The summed E-state index contributed by atoms with van der Waals surface area (Å²) in [5, 5.41) is 0.647. The molecule has 0 N–H and O–H groups in total. The van der Waals surface area contributed by atoms with Gasteiger partial charge in [0.1, 0.15) is 12.4 Å². The molecule has 0 aromatic heterocycles. The summed E-state index contributed by atoms with van der Waals surface area (Å²) in [5.41, 5.74) is 3.60. The maximum atomic E-state index is 6.34. The van der Waals surface area contributed by atoms with Gasteiger partial charge in [0.25, 0.3) is 0 Å². The summed E-state index contributed by atoms with van der Waals surface area (Å²) >= 11 is 23.7. The predicted octanol–water partition coefficient (Wildman–Crippen LogP) is 8.45. The normalized spacial score (nSPS) is 13.9. The molecule has 0 aliphatic heterocycles. The van der Waals surface area contributed by atoms with Crippen LogP contribution < -0.4 is 4.74 Å². The summed E-state index contributed by atoms with van der Waals surface area (Å²) < 4.78 is 4.57. The maximum absolute atomic E-state index is 6.34. The van der Waals surface area contributed by atoms with Gasteiger partial charge in [-0.05, 0) is 55.9 Å². The Bertz CT molecular complexity index is 649. The highest BCUT2D eigenvalue weighted by Crippen LogP contribution is 2.33. The number of ether oxygens (including phenoxy) is 1. The minimum atomic E-state index is -1.22. The Hall–Kier alpha value is -0.340. The van der Waals surface area contributed by atoms with Gasteiger partial charge in [-0.3, -0.25) is 0 Å². The largest absolute Gasteiger partial charge is 0.488 e. The van der Waals surface area contributed by atoms with Gasteiger partial charge in [-0.2, -0.15) is 0 Å². The van der Waals surface area contributed by atoms with E-state index in [9.17, 15) is 0 Å². The molecule has 0 aliphatic rings. The Morgan fingerprint density at radius 1 is 1.04 bits per heavy atom. The van der Waals surface area contributed by atoms with Crippen molar-refractivity contribution in [2.24, 2.45) is 0 Å². The molecule has 0 atom stereocenters. The summed E-state index contributed by atoms with van der Waals surface area (Å²) in [4.78, 5) is 0. The number of alkyl halides is 3. The zero-order valence-corrected chi connectivity index (χ0v) is 19.2. The van der Waals surface area contributed by atoms with Crippen LogP contribution in [0, 0.1) is 0 Å². The lowest BCUT2D eigenvalue weighted by Crippen LogP contribution is -2.10. The van der Waals surface area contributed by atoms with E-state index in [1.165, 1.54) is 11.1 Å². The second-order valence-corrected chi connectivity index (χ2v) is 10.6. The molecule has 0 spiro atoms. The molecule has 26 heavy (non-hydrogen) atoms. The summed E-state index contributed by atoms with van der Waals surface area (Å²) in [5.74, 6) is 0.710. The first kappa shape index (κ1) is 23.7. The molecule has 146 valence electrons. The second kappa shape index (κ2) is 10.3. The molecule has 0 amide bonds. The van der Waals surface area contributed by atoms with E-state index in [1.54, 1.807) is 0 Å². The zero-order chi connectivity index (χ0) is 20.0. The van der Waals surface area contributed by atoms with Gasteiger partial charge in [0.05, 0.1) is 5.02 Å². The lowest BCUT2D eigenvalue weighted by atomic mass is 9.87. The van der Waals surface area contributed by atoms with Crippen molar-refractivity contribution in [1.29, 1.82) is 0 Å². The summed E-state index contributed by atoms with van der Waals surface area (Å²) in [6.45, 7) is 11.1. The Balaban J connectivity index is 2.50. The molecule has 0 radical (unpaired) electrons. The standard InChI is InChI=1S/C21H28Cl4O/c1-15(7-6-8-16(2)14-21(23,24)25)11-12-26-19-10-9-17(13-18(19)22)20(3,4)5/h8-11,13H,6-7,12,14H2,1-5H3/b15-11+,16-8+. The number of rotatable bonds is 7. The third-order valence-corrected chi connectivity index (χ3v) is 4.68. The number of allylic oxidation sites excluding steroid dienone is 3. The molecule has 1 nitrogen and oxygen atoms in total. The van der Waals surface area contributed by atoms with E-state index in [-0.39, 0.29) is 5.41 Å². The van der Waals surface area contributed by atoms with Crippen LogP contribution in [0.25, 0.3) is 0 Å². The average molecular weight is 438 g/mol. The fourth-order valence-electron chi connectivity index (χ4n) is 2.39. The van der Waals surface area contributed by atoms with Crippen molar-refractivity contribution in [3.63, 3.8) is 0 Å². The third-order valence-electron chi connectivity index (χ3n) is 3.98. The Kier molecular flexibility index (Phi) is 9.36. The highest BCUT2D eigenvalue weighted by Gasteiger charge is 2.19. The third kappa shape index (κ3) is 9.55. The average Bonchev–Trinajstić information content (AvgIpc) is 2.46. The van der Waals surface area contributed by atoms with E-state index >= 15 is 0 Å². The van der Waals surface area contributed by atoms with Crippen molar-refractivity contribution in [1.82, 2.24) is 0 Å². The van der Waals surface area contributed by atoms with Crippen molar-refractivity contribution in [3.05, 3.63) is 52.1 Å². The van der Waals surface area contributed by atoms with Gasteiger partial charge >= 0.3 is 0 Å². The lowest BCUT2D eigenvalue weighted by molar-refractivity contribution is 0.361. The van der Waals surface area contributed by atoms with E-state index in [0.29, 0.717) is 23.8 Å². The van der Waals surface area contributed by atoms with Crippen LogP contribution in [0.4, 0.5) is 0 Å². The van der Waals surface area contributed by atoms with E-state index in [1.807, 2.05) is 19.1 Å². The molecule has 1 rings (SSSR count). The van der Waals surface area contributed by atoms with Gasteiger partial charge in [0.2, 0.25) is 0 Å². The first-order chi connectivity index (χ1) is 11.9.